The lowest BCUT2D eigenvalue weighted by Crippen LogP contribution is -2.17. The summed E-state index contributed by atoms with van der Waals surface area (Å²) in [6.45, 7) is 0. The van der Waals surface area contributed by atoms with Gasteiger partial charge in [-0.2, -0.15) is 0 Å². The lowest BCUT2D eigenvalue weighted by Gasteiger charge is -2.19. The number of nitrogens with one attached hydrogen (secondary N) is 1. The Kier molecular flexibility index (Phi) is 5.49. The van der Waals surface area contributed by atoms with E-state index in [4.69, 9.17) is 0 Å². The first-order valence-corrected chi connectivity index (χ1v) is 7.91. The van der Waals surface area contributed by atoms with Crippen LogP contribution in [0.3, 0.4) is 0 Å². The number of benzene rings is 2. The molecule has 0 aliphatic rings. The van der Waals surface area contributed by atoms with E-state index in [9.17, 15) is 0 Å². The van der Waals surface area contributed by atoms with Crippen molar-refractivity contribution in [2.24, 2.45) is 0 Å². The van der Waals surface area contributed by atoms with Gasteiger partial charge in [-0.15, -0.1) is 11.8 Å². The topological polar surface area (TPSA) is 12.0 Å². The highest BCUT2D eigenvalue weighted by atomic mass is 32.2. The van der Waals surface area contributed by atoms with Crippen LogP contribution in [0.25, 0.3) is 0 Å². The van der Waals surface area contributed by atoms with Crippen molar-refractivity contribution in [3.8, 4) is 0 Å². The summed E-state index contributed by atoms with van der Waals surface area (Å²) in [5.74, 6) is 0. The van der Waals surface area contributed by atoms with Crippen LogP contribution in [0, 0.1) is 0 Å². The highest BCUT2D eigenvalue weighted by Gasteiger charge is 2.12. The van der Waals surface area contributed by atoms with Crippen LogP contribution in [-0.2, 0) is 6.42 Å². The van der Waals surface area contributed by atoms with Gasteiger partial charge in [0.1, 0.15) is 0 Å². The van der Waals surface area contributed by atoms with Gasteiger partial charge in [0.2, 0.25) is 0 Å². The van der Waals surface area contributed by atoms with E-state index in [1.54, 1.807) is 0 Å². The second-order valence-corrected chi connectivity index (χ2v) is 5.46. The molecule has 2 aromatic rings. The molecule has 1 nitrogen and oxygen atoms in total. The lowest BCUT2D eigenvalue weighted by atomic mass is 9.99. The van der Waals surface area contributed by atoms with Crippen LogP contribution in [0.15, 0.2) is 59.5 Å². The van der Waals surface area contributed by atoms with E-state index in [0.29, 0.717) is 6.04 Å². The van der Waals surface area contributed by atoms with Gasteiger partial charge >= 0.3 is 0 Å². The van der Waals surface area contributed by atoms with Gasteiger partial charge in [-0.1, -0.05) is 48.5 Å². The molecule has 0 aromatic heterocycles. The second kappa shape index (κ2) is 7.37. The molecule has 19 heavy (non-hydrogen) atoms. The predicted molar refractivity (Wildman–Crippen MR) is 84.8 cm³/mol. The van der Waals surface area contributed by atoms with Crippen LogP contribution in [-0.4, -0.2) is 13.3 Å². The average molecular weight is 271 g/mol. The summed E-state index contributed by atoms with van der Waals surface area (Å²) in [4.78, 5) is 1.37. The highest BCUT2D eigenvalue weighted by molar-refractivity contribution is 7.98. The number of aryl methyl sites for hydroxylation is 1. The average Bonchev–Trinajstić information content (AvgIpc) is 2.49. The molecule has 2 rings (SSSR count). The van der Waals surface area contributed by atoms with E-state index >= 15 is 0 Å². The summed E-state index contributed by atoms with van der Waals surface area (Å²) >= 11 is 1.82. The van der Waals surface area contributed by atoms with E-state index in [1.165, 1.54) is 16.0 Å². The van der Waals surface area contributed by atoms with Crippen LogP contribution < -0.4 is 5.32 Å². The predicted octanol–water partition coefficient (Wildman–Crippen LogP) is 4.30. The van der Waals surface area contributed by atoms with E-state index in [1.807, 2.05) is 18.8 Å². The van der Waals surface area contributed by atoms with Crippen molar-refractivity contribution in [2.75, 3.05) is 13.3 Å². The Hall–Kier alpha value is -1.25. The van der Waals surface area contributed by atoms with Crippen LogP contribution >= 0.6 is 11.8 Å². The van der Waals surface area contributed by atoms with E-state index in [-0.39, 0.29) is 0 Å². The summed E-state index contributed by atoms with van der Waals surface area (Å²) in [5.41, 5.74) is 2.82. The first-order chi connectivity index (χ1) is 9.35. The quantitative estimate of drug-likeness (QED) is 0.786. The number of hydrogen-bond donors (Lipinski definition) is 1. The summed E-state index contributed by atoms with van der Waals surface area (Å²) < 4.78 is 0. The van der Waals surface area contributed by atoms with Gasteiger partial charge in [0.25, 0.3) is 0 Å². The van der Waals surface area contributed by atoms with Gasteiger partial charge in [-0.3, -0.25) is 0 Å². The van der Waals surface area contributed by atoms with Gasteiger partial charge in [0.05, 0.1) is 0 Å². The third-order valence-corrected chi connectivity index (χ3v) is 4.24. The van der Waals surface area contributed by atoms with Crippen LogP contribution in [0.5, 0.6) is 0 Å². The fourth-order valence-corrected chi connectivity index (χ4v) is 3.03. The Morgan fingerprint density at radius 3 is 2.37 bits per heavy atom. The molecule has 0 amide bonds. The standard InChI is InChI=1S/C17H21NS/c1-18-16(13-12-14-8-4-3-5-9-14)15-10-6-7-11-17(15)19-2/h3-11,16,18H,12-13H2,1-2H3. The molecule has 1 N–H and O–H groups in total. The molecular formula is C17H21NS. The molecule has 0 radical (unpaired) electrons. The fourth-order valence-electron chi connectivity index (χ4n) is 2.37. The van der Waals surface area contributed by atoms with Gasteiger partial charge in [-0.05, 0) is 43.3 Å². The Bertz CT molecular complexity index is 496. The molecule has 1 unspecified atom stereocenters. The van der Waals surface area contributed by atoms with Crippen LogP contribution in [0.2, 0.25) is 0 Å². The number of thioether (sulfide) groups is 1. The Morgan fingerprint density at radius 1 is 1.00 bits per heavy atom. The monoisotopic (exact) mass is 271 g/mol. The first kappa shape index (κ1) is 14.2. The summed E-state index contributed by atoms with van der Waals surface area (Å²) in [5, 5.41) is 3.45. The first-order valence-electron chi connectivity index (χ1n) is 6.69. The number of hydrogen-bond acceptors (Lipinski definition) is 2. The van der Waals surface area contributed by atoms with Crippen molar-refractivity contribution >= 4 is 11.8 Å². The third-order valence-electron chi connectivity index (χ3n) is 3.43. The van der Waals surface area contributed by atoms with Crippen molar-refractivity contribution in [1.82, 2.24) is 5.32 Å². The van der Waals surface area contributed by atoms with E-state index in [0.717, 1.165) is 12.8 Å². The number of rotatable bonds is 6. The summed E-state index contributed by atoms with van der Waals surface area (Å²) in [6, 6.07) is 19.8. The molecule has 0 aliphatic heterocycles. The SMILES string of the molecule is CNC(CCc1ccccc1)c1ccccc1SC. The highest BCUT2D eigenvalue weighted by Crippen LogP contribution is 2.28. The van der Waals surface area contributed by atoms with Gasteiger partial charge in [0.15, 0.2) is 0 Å². The second-order valence-electron chi connectivity index (χ2n) is 4.61. The van der Waals surface area contributed by atoms with Crippen molar-refractivity contribution < 1.29 is 0 Å². The minimum absolute atomic E-state index is 0.420. The molecule has 0 saturated heterocycles. The van der Waals surface area contributed by atoms with Crippen molar-refractivity contribution in [3.05, 3.63) is 65.7 Å². The Morgan fingerprint density at radius 2 is 1.68 bits per heavy atom. The minimum Gasteiger partial charge on any atom is -0.313 e. The van der Waals surface area contributed by atoms with Crippen LogP contribution in [0.1, 0.15) is 23.6 Å². The van der Waals surface area contributed by atoms with Gasteiger partial charge < -0.3 is 5.32 Å². The van der Waals surface area contributed by atoms with E-state index in [2.05, 4.69) is 66.2 Å². The maximum atomic E-state index is 3.45. The lowest BCUT2D eigenvalue weighted by molar-refractivity contribution is 0.541. The van der Waals surface area contributed by atoms with Crippen molar-refractivity contribution in [2.45, 2.75) is 23.8 Å². The summed E-state index contributed by atoms with van der Waals surface area (Å²) in [7, 11) is 2.05. The van der Waals surface area contributed by atoms with Gasteiger partial charge in [-0.25, -0.2) is 0 Å². The zero-order valence-corrected chi connectivity index (χ0v) is 12.4. The molecule has 0 saturated carbocycles. The molecule has 0 heterocycles. The van der Waals surface area contributed by atoms with Gasteiger partial charge in [0, 0.05) is 10.9 Å². The smallest absolute Gasteiger partial charge is 0.0331 e. The maximum absolute atomic E-state index is 3.45. The molecular weight excluding hydrogens is 250 g/mol. The van der Waals surface area contributed by atoms with Crippen LogP contribution in [0.4, 0.5) is 0 Å². The molecule has 0 bridgehead atoms. The largest absolute Gasteiger partial charge is 0.313 e. The molecule has 1 atom stereocenters. The zero-order valence-electron chi connectivity index (χ0n) is 11.6. The molecule has 0 aliphatic carbocycles. The molecule has 2 heteroatoms. The maximum Gasteiger partial charge on any atom is 0.0331 e. The molecule has 2 aromatic carbocycles. The summed E-state index contributed by atoms with van der Waals surface area (Å²) in [6.07, 6.45) is 4.37. The molecule has 100 valence electrons. The molecule has 0 fully saturated rings. The normalized spacial score (nSPS) is 12.3. The van der Waals surface area contributed by atoms with Crippen molar-refractivity contribution in [1.29, 1.82) is 0 Å². The Balaban J connectivity index is 2.08. The zero-order chi connectivity index (χ0) is 13.5. The van der Waals surface area contributed by atoms with Crippen molar-refractivity contribution in [3.63, 3.8) is 0 Å². The molecule has 0 spiro atoms. The third kappa shape index (κ3) is 3.85. The van der Waals surface area contributed by atoms with E-state index < -0.39 is 0 Å². The minimum atomic E-state index is 0.420. The Labute approximate surface area is 120 Å². The fraction of sp³-hybridized carbons (Fsp3) is 0.294.